The highest BCUT2D eigenvalue weighted by atomic mass is 32.2. The quantitative estimate of drug-likeness (QED) is 0.724. The van der Waals surface area contributed by atoms with E-state index in [1.165, 1.54) is 29.5 Å². The number of benzene rings is 1. The summed E-state index contributed by atoms with van der Waals surface area (Å²) in [5.41, 5.74) is 2.14. The number of thiazole rings is 1. The molecule has 0 spiro atoms. The molecule has 1 aliphatic heterocycles. The Balaban J connectivity index is 1.67. The summed E-state index contributed by atoms with van der Waals surface area (Å²) in [6.07, 6.45) is 8.83. The predicted octanol–water partition coefficient (Wildman–Crippen LogP) is 2.82. The second-order valence-electron chi connectivity index (χ2n) is 6.59. The van der Waals surface area contributed by atoms with Crippen molar-refractivity contribution in [1.82, 2.24) is 9.47 Å². The van der Waals surface area contributed by atoms with E-state index in [0.29, 0.717) is 17.1 Å². The van der Waals surface area contributed by atoms with Gasteiger partial charge in [0, 0.05) is 13.1 Å². The van der Waals surface area contributed by atoms with Crippen LogP contribution in [0.25, 0.3) is 10.2 Å². The molecule has 1 aromatic heterocycles. The largest absolute Gasteiger partial charge is 0.342 e. The van der Waals surface area contributed by atoms with Gasteiger partial charge in [0.1, 0.15) is 0 Å². The van der Waals surface area contributed by atoms with Crippen molar-refractivity contribution in [3.8, 4) is 12.3 Å². The first-order chi connectivity index (χ1) is 13.1. The van der Waals surface area contributed by atoms with E-state index in [1.807, 2.05) is 28.5 Å². The van der Waals surface area contributed by atoms with Gasteiger partial charge in [0.05, 0.1) is 28.3 Å². The Kier molecular flexibility index (Phi) is 6.75. The third kappa shape index (κ3) is 5.02. The van der Waals surface area contributed by atoms with E-state index in [0.717, 1.165) is 41.7 Å². The molecule has 0 aliphatic carbocycles. The maximum atomic E-state index is 12.3. The molecule has 2 amide bonds. The summed E-state index contributed by atoms with van der Waals surface area (Å²) in [5, 5.41) is 0. The molecule has 142 valence electrons. The number of likely N-dealkylation sites (tertiary alicyclic amines) is 1. The molecule has 1 saturated heterocycles. The molecule has 2 aromatic rings. The van der Waals surface area contributed by atoms with Crippen molar-refractivity contribution < 1.29 is 9.59 Å². The van der Waals surface area contributed by atoms with Crippen molar-refractivity contribution in [2.24, 2.45) is 4.99 Å². The molecule has 2 heterocycles. The number of aryl methyl sites for hydroxylation is 1. The molecule has 1 fully saturated rings. The zero-order chi connectivity index (χ0) is 19.2. The molecule has 7 heteroatoms. The standard InChI is InChI=1S/C20H23N3O2S2/c1-3-9-23-16-8-7-15(2)12-17(16)27-20(23)21-18(24)13-26-14-19(25)22-10-5-4-6-11-22/h1,7-8,12H,4-6,9-11,13-14H2,2H3. The summed E-state index contributed by atoms with van der Waals surface area (Å²) < 4.78 is 2.95. The first-order valence-corrected chi connectivity index (χ1v) is 11.0. The van der Waals surface area contributed by atoms with E-state index >= 15 is 0 Å². The number of piperidine rings is 1. The molecule has 0 atom stereocenters. The fraction of sp³-hybridized carbons (Fsp3) is 0.450. The smallest absolute Gasteiger partial charge is 0.258 e. The Morgan fingerprint density at radius 2 is 2.04 bits per heavy atom. The zero-order valence-corrected chi connectivity index (χ0v) is 17.1. The second kappa shape index (κ2) is 9.25. The van der Waals surface area contributed by atoms with Crippen LogP contribution >= 0.6 is 23.1 Å². The number of thioether (sulfide) groups is 1. The number of aromatic nitrogens is 1. The lowest BCUT2D eigenvalue weighted by Gasteiger charge is -2.26. The van der Waals surface area contributed by atoms with Gasteiger partial charge in [-0.05, 0) is 43.9 Å². The van der Waals surface area contributed by atoms with Gasteiger partial charge in [-0.3, -0.25) is 9.59 Å². The number of carbonyl (C=O) groups excluding carboxylic acids is 2. The minimum Gasteiger partial charge on any atom is -0.342 e. The van der Waals surface area contributed by atoms with E-state index in [-0.39, 0.29) is 17.6 Å². The van der Waals surface area contributed by atoms with E-state index in [2.05, 4.69) is 17.0 Å². The van der Waals surface area contributed by atoms with Crippen molar-refractivity contribution in [3.63, 3.8) is 0 Å². The molecule has 1 aromatic carbocycles. The Hall–Kier alpha value is -2.04. The molecule has 0 bridgehead atoms. The molecule has 1 aliphatic rings. The van der Waals surface area contributed by atoms with Gasteiger partial charge in [-0.1, -0.05) is 23.3 Å². The predicted molar refractivity (Wildman–Crippen MR) is 112 cm³/mol. The van der Waals surface area contributed by atoms with Gasteiger partial charge >= 0.3 is 0 Å². The third-order valence-electron chi connectivity index (χ3n) is 4.47. The van der Waals surface area contributed by atoms with Crippen LogP contribution in [0.3, 0.4) is 0 Å². The molecule has 0 saturated carbocycles. The fourth-order valence-corrected chi connectivity index (χ4v) is 4.95. The van der Waals surface area contributed by atoms with Crippen LogP contribution in [0.15, 0.2) is 23.2 Å². The van der Waals surface area contributed by atoms with Gasteiger partial charge in [-0.15, -0.1) is 18.2 Å². The number of nitrogens with zero attached hydrogens (tertiary/aromatic N) is 3. The molecule has 0 radical (unpaired) electrons. The van der Waals surface area contributed by atoms with Crippen LogP contribution < -0.4 is 4.80 Å². The number of fused-ring (bicyclic) bond motifs is 1. The van der Waals surface area contributed by atoms with Crippen molar-refractivity contribution in [2.75, 3.05) is 24.6 Å². The topological polar surface area (TPSA) is 54.7 Å². The number of amides is 2. The highest BCUT2D eigenvalue weighted by molar-refractivity contribution is 8.00. The number of hydrogen-bond acceptors (Lipinski definition) is 4. The zero-order valence-electron chi connectivity index (χ0n) is 15.4. The van der Waals surface area contributed by atoms with Gasteiger partial charge in [0.15, 0.2) is 4.80 Å². The SMILES string of the molecule is C#CCn1c(=NC(=O)CSCC(=O)N2CCCCC2)sc2cc(C)ccc21. The minimum absolute atomic E-state index is 0.118. The van der Waals surface area contributed by atoms with Gasteiger partial charge in [0.2, 0.25) is 5.91 Å². The monoisotopic (exact) mass is 401 g/mol. The average Bonchev–Trinajstić information content (AvgIpc) is 2.98. The van der Waals surface area contributed by atoms with E-state index < -0.39 is 0 Å². The Labute approximate surface area is 167 Å². The van der Waals surface area contributed by atoms with Crippen molar-refractivity contribution in [2.45, 2.75) is 32.7 Å². The van der Waals surface area contributed by atoms with E-state index in [4.69, 9.17) is 6.42 Å². The van der Waals surface area contributed by atoms with E-state index in [1.54, 1.807) is 0 Å². The number of carbonyl (C=O) groups is 2. The van der Waals surface area contributed by atoms with Gasteiger partial charge in [-0.2, -0.15) is 4.99 Å². The average molecular weight is 402 g/mol. The summed E-state index contributed by atoms with van der Waals surface area (Å²) in [5.74, 6) is 3.04. The Morgan fingerprint density at radius 3 is 2.78 bits per heavy atom. The Bertz CT molecular complexity index is 946. The van der Waals surface area contributed by atoms with Crippen molar-refractivity contribution in [1.29, 1.82) is 0 Å². The molecule has 3 rings (SSSR count). The van der Waals surface area contributed by atoms with Crippen molar-refractivity contribution >= 4 is 45.1 Å². The third-order valence-corrected chi connectivity index (χ3v) is 6.41. The van der Waals surface area contributed by atoms with Gasteiger partial charge < -0.3 is 9.47 Å². The molecule has 5 nitrogen and oxygen atoms in total. The minimum atomic E-state index is -0.236. The van der Waals surface area contributed by atoms with Crippen LogP contribution in [0.2, 0.25) is 0 Å². The fourth-order valence-electron chi connectivity index (χ4n) is 3.11. The van der Waals surface area contributed by atoms with Crippen LogP contribution in [0.1, 0.15) is 24.8 Å². The van der Waals surface area contributed by atoms with Crippen LogP contribution in [-0.2, 0) is 16.1 Å². The molecule has 0 unspecified atom stereocenters. The summed E-state index contributed by atoms with van der Waals surface area (Å²) in [7, 11) is 0. The van der Waals surface area contributed by atoms with Crippen LogP contribution in [-0.4, -0.2) is 45.9 Å². The van der Waals surface area contributed by atoms with Crippen LogP contribution in [0.4, 0.5) is 0 Å². The molecular formula is C20H23N3O2S2. The van der Waals surface area contributed by atoms with Crippen molar-refractivity contribution in [3.05, 3.63) is 28.6 Å². The van der Waals surface area contributed by atoms with Gasteiger partial charge in [0.25, 0.3) is 5.91 Å². The summed E-state index contributed by atoms with van der Waals surface area (Å²) in [6, 6.07) is 6.10. The molecule has 0 N–H and O–H groups in total. The highest BCUT2D eigenvalue weighted by Crippen LogP contribution is 2.19. The maximum Gasteiger partial charge on any atom is 0.258 e. The first kappa shape index (κ1) is 19.7. The van der Waals surface area contributed by atoms with Gasteiger partial charge in [-0.25, -0.2) is 0 Å². The normalized spacial score (nSPS) is 15.1. The Morgan fingerprint density at radius 1 is 1.26 bits per heavy atom. The lowest BCUT2D eigenvalue weighted by molar-refractivity contribution is -0.129. The summed E-state index contributed by atoms with van der Waals surface area (Å²) >= 11 is 2.80. The molecule has 27 heavy (non-hydrogen) atoms. The lowest BCUT2D eigenvalue weighted by atomic mass is 10.1. The van der Waals surface area contributed by atoms with Crippen LogP contribution in [0, 0.1) is 19.3 Å². The highest BCUT2D eigenvalue weighted by Gasteiger charge is 2.16. The maximum absolute atomic E-state index is 12.3. The second-order valence-corrected chi connectivity index (χ2v) is 8.58. The van der Waals surface area contributed by atoms with E-state index in [9.17, 15) is 9.59 Å². The number of hydrogen-bond donors (Lipinski definition) is 0. The number of rotatable bonds is 5. The lowest BCUT2D eigenvalue weighted by Crippen LogP contribution is -2.36. The first-order valence-electron chi connectivity index (χ1n) is 9.05. The summed E-state index contributed by atoms with van der Waals surface area (Å²) in [6.45, 7) is 4.08. The van der Waals surface area contributed by atoms with Crippen LogP contribution in [0.5, 0.6) is 0 Å². The molecular weight excluding hydrogens is 378 g/mol. The summed E-state index contributed by atoms with van der Waals surface area (Å²) in [4.78, 5) is 31.2. The number of terminal acetylenes is 1.